The highest BCUT2D eigenvalue weighted by atomic mass is 16.6. The van der Waals surface area contributed by atoms with E-state index in [1.165, 1.54) is 12.0 Å². The fourth-order valence-electron chi connectivity index (χ4n) is 4.88. The molecule has 0 saturated carbocycles. The Morgan fingerprint density at radius 3 is 2.67 bits per heavy atom. The van der Waals surface area contributed by atoms with Crippen LogP contribution in [0.5, 0.6) is 0 Å². The maximum absolute atomic E-state index is 12.6. The molecule has 0 N–H and O–H groups in total. The summed E-state index contributed by atoms with van der Waals surface area (Å²) in [7, 11) is 2.16. The van der Waals surface area contributed by atoms with Crippen molar-refractivity contribution in [3.8, 4) is 0 Å². The van der Waals surface area contributed by atoms with Crippen molar-refractivity contribution in [2.75, 3.05) is 31.6 Å². The molecule has 2 unspecified atom stereocenters. The van der Waals surface area contributed by atoms with Crippen LogP contribution >= 0.6 is 0 Å². The van der Waals surface area contributed by atoms with E-state index in [0.717, 1.165) is 43.1 Å². The third kappa shape index (κ3) is 5.64. The minimum atomic E-state index is -0.503. The van der Waals surface area contributed by atoms with Crippen LogP contribution < -0.4 is 4.90 Å². The number of benzene rings is 1. The van der Waals surface area contributed by atoms with Crippen molar-refractivity contribution in [1.82, 2.24) is 19.8 Å². The molecule has 1 saturated heterocycles. The number of amides is 1. The zero-order chi connectivity index (χ0) is 23.6. The van der Waals surface area contributed by atoms with E-state index in [-0.39, 0.29) is 6.09 Å². The summed E-state index contributed by atoms with van der Waals surface area (Å²) in [4.78, 5) is 28.4. The molecule has 3 heterocycles. The van der Waals surface area contributed by atoms with Gasteiger partial charge in [0, 0.05) is 38.3 Å². The van der Waals surface area contributed by atoms with Gasteiger partial charge < -0.3 is 14.5 Å². The molecule has 33 heavy (non-hydrogen) atoms. The Morgan fingerprint density at radius 1 is 1.18 bits per heavy atom. The predicted molar refractivity (Wildman–Crippen MR) is 130 cm³/mol. The molecule has 4 rings (SSSR count). The van der Waals surface area contributed by atoms with Crippen LogP contribution in [0.3, 0.4) is 0 Å². The Hall–Kier alpha value is -2.67. The van der Waals surface area contributed by atoms with E-state index >= 15 is 0 Å². The Kier molecular flexibility index (Phi) is 6.88. The number of anilines is 1. The van der Waals surface area contributed by atoms with Gasteiger partial charge in [-0.25, -0.2) is 14.8 Å². The summed E-state index contributed by atoms with van der Waals surface area (Å²) in [6, 6.07) is 11.1. The number of nitrogens with zero attached hydrogens (tertiary/aromatic N) is 5. The van der Waals surface area contributed by atoms with E-state index in [2.05, 4.69) is 59.1 Å². The number of hydrogen-bond acceptors (Lipinski definition) is 6. The molecular formula is C26H37N5O2. The number of rotatable bonds is 4. The summed E-state index contributed by atoms with van der Waals surface area (Å²) in [6.45, 7) is 12.2. The van der Waals surface area contributed by atoms with Gasteiger partial charge in [0.25, 0.3) is 0 Å². The lowest BCUT2D eigenvalue weighted by molar-refractivity contribution is 0.0220. The first-order chi connectivity index (χ1) is 15.7. The molecule has 1 fully saturated rings. The van der Waals surface area contributed by atoms with Crippen molar-refractivity contribution >= 4 is 11.9 Å². The smallest absolute Gasteiger partial charge is 0.410 e. The van der Waals surface area contributed by atoms with Crippen LogP contribution in [0.2, 0.25) is 0 Å². The van der Waals surface area contributed by atoms with Crippen LogP contribution in [0, 0.1) is 5.92 Å². The minimum absolute atomic E-state index is 0.279. The fourth-order valence-corrected chi connectivity index (χ4v) is 4.88. The van der Waals surface area contributed by atoms with Gasteiger partial charge >= 0.3 is 6.09 Å². The highest BCUT2D eigenvalue weighted by Gasteiger charge is 2.33. The fraction of sp³-hybridized carbons (Fsp3) is 0.577. The van der Waals surface area contributed by atoms with Gasteiger partial charge in [0.2, 0.25) is 0 Å². The van der Waals surface area contributed by atoms with Gasteiger partial charge in [-0.15, -0.1) is 0 Å². The number of carbonyl (C=O) groups excluding carboxylic acids is 1. The van der Waals surface area contributed by atoms with Crippen LogP contribution in [0.15, 0.2) is 36.7 Å². The SMILES string of the molecule is CC1CCN(Cc2ccccc2)CC1N(C)c1ncnc2c1CCN(C(=O)OC(C)(C)C)C2. The molecule has 1 amide bonds. The number of likely N-dealkylation sites (tertiary alicyclic amines) is 1. The Balaban J connectivity index is 1.48. The van der Waals surface area contributed by atoms with Crippen LogP contribution in [-0.2, 0) is 24.2 Å². The van der Waals surface area contributed by atoms with Gasteiger partial charge in [-0.1, -0.05) is 37.3 Å². The summed E-state index contributed by atoms with van der Waals surface area (Å²) < 4.78 is 5.57. The summed E-state index contributed by atoms with van der Waals surface area (Å²) in [5.74, 6) is 1.58. The standard InChI is InChI=1S/C26H37N5O2/c1-19-11-13-30(15-20-9-7-6-8-10-20)17-23(19)29(5)24-21-12-14-31(16-22(21)27-18-28-24)25(32)33-26(2,3)4/h6-10,18-19,23H,11-17H2,1-5H3. The molecule has 1 aromatic carbocycles. The van der Waals surface area contributed by atoms with Crippen LogP contribution in [-0.4, -0.2) is 64.2 Å². The average Bonchev–Trinajstić information content (AvgIpc) is 2.78. The number of piperidine rings is 1. The topological polar surface area (TPSA) is 61.8 Å². The van der Waals surface area contributed by atoms with E-state index in [1.54, 1.807) is 11.2 Å². The molecule has 7 nitrogen and oxygen atoms in total. The van der Waals surface area contributed by atoms with E-state index < -0.39 is 5.60 Å². The molecule has 2 atom stereocenters. The summed E-state index contributed by atoms with van der Waals surface area (Å²) in [5.41, 5.74) is 2.94. The molecule has 2 aromatic rings. The van der Waals surface area contributed by atoms with E-state index in [1.807, 2.05) is 20.8 Å². The lowest BCUT2D eigenvalue weighted by Gasteiger charge is -2.43. The second kappa shape index (κ2) is 9.67. The second-order valence-electron chi connectivity index (χ2n) is 10.4. The summed E-state index contributed by atoms with van der Waals surface area (Å²) >= 11 is 0. The molecule has 0 aliphatic carbocycles. The van der Waals surface area contributed by atoms with E-state index in [4.69, 9.17) is 9.72 Å². The molecular weight excluding hydrogens is 414 g/mol. The van der Waals surface area contributed by atoms with Crippen molar-refractivity contribution < 1.29 is 9.53 Å². The van der Waals surface area contributed by atoms with Gasteiger partial charge in [-0.3, -0.25) is 4.90 Å². The number of fused-ring (bicyclic) bond motifs is 1. The van der Waals surface area contributed by atoms with Crippen LogP contribution in [0.25, 0.3) is 0 Å². The van der Waals surface area contributed by atoms with Crippen molar-refractivity contribution in [2.24, 2.45) is 5.92 Å². The minimum Gasteiger partial charge on any atom is -0.444 e. The molecule has 2 aliphatic rings. The second-order valence-corrected chi connectivity index (χ2v) is 10.4. The highest BCUT2D eigenvalue weighted by Crippen LogP contribution is 2.31. The van der Waals surface area contributed by atoms with Crippen molar-refractivity contribution in [2.45, 2.75) is 65.3 Å². The Morgan fingerprint density at radius 2 is 1.94 bits per heavy atom. The molecule has 2 aliphatic heterocycles. The summed E-state index contributed by atoms with van der Waals surface area (Å²) in [5, 5.41) is 0. The number of carbonyl (C=O) groups is 1. The van der Waals surface area contributed by atoms with Crippen LogP contribution in [0.1, 0.15) is 50.9 Å². The van der Waals surface area contributed by atoms with Gasteiger partial charge in [-0.05, 0) is 51.6 Å². The highest BCUT2D eigenvalue weighted by molar-refractivity contribution is 5.69. The third-order valence-electron chi connectivity index (χ3n) is 6.72. The first-order valence-corrected chi connectivity index (χ1v) is 12.0. The lowest BCUT2D eigenvalue weighted by Crippen LogP contribution is -2.51. The zero-order valence-corrected chi connectivity index (χ0v) is 20.6. The monoisotopic (exact) mass is 451 g/mol. The van der Waals surface area contributed by atoms with E-state index in [0.29, 0.717) is 25.0 Å². The predicted octanol–water partition coefficient (Wildman–Crippen LogP) is 4.12. The van der Waals surface area contributed by atoms with Crippen molar-refractivity contribution in [1.29, 1.82) is 0 Å². The maximum atomic E-state index is 12.6. The first-order valence-electron chi connectivity index (χ1n) is 12.0. The van der Waals surface area contributed by atoms with Crippen LogP contribution in [0.4, 0.5) is 10.6 Å². The third-order valence-corrected chi connectivity index (χ3v) is 6.72. The number of aromatic nitrogens is 2. The maximum Gasteiger partial charge on any atom is 0.410 e. The van der Waals surface area contributed by atoms with Crippen molar-refractivity contribution in [3.05, 3.63) is 53.5 Å². The van der Waals surface area contributed by atoms with Crippen molar-refractivity contribution in [3.63, 3.8) is 0 Å². The van der Waals surface area contributed by atoms with Gasteiger partial charge in [0.15, 0.2) is 0 Å². The molecule has 1 aromatic heterocycles. The number of likely N-dealkylation sites (N-methyl/N-ethyl adjacent to an activating group) is 1. The quantitative estimate of drug-likeness (QED) is 0.697. The zero-order valence-electron chi connectivity index (χ0n) is 20.6. The average molecular weight is 452 g/mol. The lowest BCUT2D eigenvalue weighted by atomic mass is 9.91. The molecule has 0 radical (unpaired) electrons. The normalized spacial score (nSPS) is 21.4. The molecule has 178 valence electrons. The summed E-state index contributed by atoms with van der Waals surface area (Å²) in [6.07, 6.45) is 3.27. The molecule has 0 bridgehead atoms. The van der Waals surface area contributed by atoms with Gasteiger partial charge in [0.05, 0.1) is 12.2 Å². The molecule has 7 heteroatoms. The van der Waals surface area contributed by atoms with Gasteiger partial charge in [0.1, 0.15) is 17.7 Å². The first kappa shape index (κ1) is 23.5. The van der Waals surface area contributed by atoms with Gasteiger partial charge in [-0.2, -0.15) is 0 Å². The molecule has 0 spiro atoms. The Bertz CT molecular complexity index is 959. The largest absolute Gasteiger partial charge is 0.444 e. The number of hydrogen-bond donors (Lipinski definition) is 0. The number of ether oxygens (including phenoxy) is 1. The van der Waals surface area contributed by atoms with E-state index in [9.17, 15) is 4.79 Å². The Labute approximate surface area is 197 Å².